The number of fused-ring (bicyclic) bond motifs is 9. The molecule has 392 valence electrons. The van der Waals surface area contributed by atoms with Crippen LogP contribution in [-0.4, -0.2) is 155 Å². The highest BCUT2D eigenvalue weighted by molar-refractivity contribution is 5.98. The maximum Gasteiger partial charge on any atom is 0.332 e. The van der Waals surface area contributed by atoms with E-state index in [9.17, 15) is 48.6 Å². The number of cyclic esters (lactones) is 1. The molecule has 22 heteroatoms. The Morgan fingerprint density at radius 2 is 1.43 bits per heavy atom. The monoisotopic (exact) mass is 1010 g/mol. The minimum atomic E-state index is -1.94. The van der Waals surface area contributed by atoms with Gasteiger partial charge in [-0.3, -0.25) is 38.4 Å². The van der Waals surface area contributed by atoms with E-state index in [0.29, 0.717) is 11.3 Å². The van der Waals surface area contributed by atoms with E-state index in [4.69, 9.17) is 18.9 Å². The van der Waals surface area contributed by atoms with E-state index in [1.54, 1.807) is 65.0 Å². The van der Waals surface area contributed by atoms with E-state index in [-0.39, 0.29) is 18.6 Å². The van der Waals surface area contributed by atoms with Crippen molar-refractivity contribution < 1.29 is 72.3 Å². The lowest BCUT2D eigenvalue weighted by molar-refractivity contribution is -0.160. The smallest absolute Gasteiger partial charge is 0.332 e. The molecule has 4 aliphatic rings. The Bertz CT molecular complexity index is 2340. The first-order valence-electron chi connectivity index (χ1n) is 23.8. The van der Waals surface area contributed by atoms with Gasteiger partial charge >= 0.3 is 11.9 Å². The molecule has 22 nitrogen and oxygen atoms in total. The first-order valence-corrected chi connectivity index (χ1v) is 23.8. The van der Waals surface area contributed by atoms with Crippen molar-refractivity contribution in [3.8, 4) is 5.75 Å². The van der Waals surface area contributed by atoms with Gasteiger partial charge in [-0.05, 0) is 61.9 Å². The number of esters is 2. The number of hydrogen-bond donors (Lipinski definition) is 8. The second-order valence-corrected chi connectivity index (χ2v) is 19.1. The SMILES string of the molecule is CC(C)[C@@H](O)[C@@H](C)C(=O)N[C@@H]1C(=O)N[C@H](C(C)C)C(=O)NC2C(=O)N(C)[C@@H](Cc3ccccc3)C(=O)N[C@H]([C@@H](C)O)C(=O)N[C@@H](COC(=O)CNC(=O)C=C[C@]3(CO3)[C@@H](C)Oc3ccc2cc3)C(=O)O[C@@H]1C. The van der Waals surface area contributed by atoms with Gasteiger partial charge in [0.05, 0.1) is 24.7 Å². The summed E-state index contributed by atoms with van der Waals surface area (Å²) in [5.41, 5.74) is -0.255. The molecule has 7 amide bonds. The van der Waals surface area contributed by atoms with Crippen LogP contribution in [0.3, 0.4) is 0 Å². The average Bonchev–Trinajstić information content (AvgIpc) is 4.14. The molecule has 4 bridgehead atoms. The number of benzene rings is 2. The quantitative estimate of drug-likeness (QED) is 0.119. The van der Waals surface area contributed by atoms with Crippen molar-refractivity contribution in [3.05, 3.63) is 77.9 Å². The zero-order chi connectivity index (χ0) is 53.2. The number of ether oxygens (including phenoxy) is 4. The summed E-state index contributed by atoms with van der Waals surface area (Å²) in [5.74, 6) is -10.8. The fourth-order valence-electron chi connectivity index (χ4n) is 7.98. The molecule has 12 atom stereocenters. The number of rotatable bonds is 8. The van der Waals surface area contributed by atoms with Gasteiger partial charge < -0.3 is 66.0 Å². The fourth-order valence-corrected chi connectivity index (χ4v) is 7.98. The number of aliphatic hydroxyl groups excluding tert-OH is 2. The normalized spacial score (nSPS) is 28.7. The average molecular weight is 1010 g/mol. The van der Waals surface area contributed by atoms with Gasteiger partial charge in [0.15, 0.2) is 6.04 Å². The van der Waals surface area contributed by atoms with Crippen molar-refractivity contribution >= 4 is 53.3 Å². The van der Waals surface area contributed by atoms with Crippen LogP contribution in [0.4, 0.5) is 0 Å². The highest BCUT2D eigenvalue weighted by atomic mass is 16.6. The minimum absolute atomic E-state index is 0.142. The lowest BCUT2D eigenvalue weighted by atomic mass is 9.93. The van der Waals surface area contributed by atoms with Gasteiger partial charge in [-0.2, -0.15) is 0 Å². The van der Waals surface area contributed by atoms with Crippen LogP contribution in [0.15, 0.2) is 66.7 Å². The van der Waals surface area contributed by atoms with Gasteiger partial charge in [0.25, 0.3) is 0 Å². The number of nitrogens with one attached hydrogen (secondary N) is 6. The topological polar surface area (TPSA) is 310 Å². The Balaban J connectivity index is 1.71. The third-order valence-electron chi connectivity index (χ3n) is 12.8. The zero-order valence-corrected chi connectivity index (χ0v) is 41.8. The Labute approximate surface area is 417 Å². The van der Waals surface area contributed by atoms with Gasteiger partial charge in [-0.15, -0.1) is 0 Å². The first-order chi connectivity index (χ1) is 33.9. The van der Waals surface area contributed by atoms with Crippen LogP contribution >= 0.6 is 0 Å². The van der Waals surface area contributed by atoms with Gasteiger partial charge in [-0.25, -0.2) is 4.79 Å². The number of likely N-dealkylation sites (N-methyl/N-ethyl adjacent to an activating group) is 1. The standard InChI is InChI=1S/C50H67N7O15/c1-25(2)38-45(64)56-41-32-15-17-33(18-16-32)72-30(8)50(24-70-50)20-19-36(59)51-22-37(60)69-23-34(49(68)71-29(7)40(47(66)53-38)55-43(62)27(5)42(61)26(3)4)52-46(65)39(28(6)58)54-44(63)35(57(9)48(41)67)21-31-13-11-10-12-14-31/h10-20,25-30,34-35,38-42,58,61H,21-24H2,1-9H3,(H,51,59)(H,52,65)(H,53,66)(H,54,63)(H,55,62)(H,56,64)/t27-,28-,29-,30-,34+,35+,38-,39-,40+,41?,42-,50+/m1/s1. The molecule has 1 spiro atoms. The van der Waals surface area contributed by atoms with Gasteiger partial charge in [0.1, 0.15) is 66.9 Å². The van der Waals surface area contributed by atoms with E-state index < -0.39 is 150 Å². The highest BCUT2D eigenvalue weighted by Crippen LogP contribution is 2.35. The van der Waals surface area contributed by atoms with Crippen LogP contribution < -0.4 is 36.6 Å². The van der Waals surface area contributed by atoms with E-state index in [1.165, 1.54) is 58.2 Å². The van der Waals surface area contributed by atoms with Crippen LogP contribution in [0.25, 0.3) is 0 Å². The van der Waals surface area contributed by atoms with Gasteiger partial charge in [-0.1, -0.05) is 77.1 Å². The summed E-state index contributed by atoms with van der Waals surface area (Å²) in [6.07, 6.45) is -2.69. The summed E-state index contributed by atoms with van der Waals surface area (Å²) in [5, 5.41) is 36.9. The molecule has 4 aliphatic heterocycles. The highest BCUT2D eigenvalue weighted by Gasteiger charge is 2.49. The zero-order valence-electron chi connectivity index (χ0n) is 41.8. The molecular weight excluding hydrogens is 939 g/mol. The number of amides is 7. The first kappa shape index (κ1) is 56.0. The molecule has 2 saturated heterocycles. The number of carbonyl (C=O) groups is 9. The molecule has 2 fully saturated rings. The predicted octanol–water partition coefficient (Wildman–Crippen LogP) is -0.747. The molecule has 1 unspecified atom stereocenters. The fraction of sp³-hybridized carbons (Fsp3) is 0.540. The molecule has 0 aromatic heterocycles. The summed E-state index contributed by atoms with van der Waals surface area (Å²) in [7, 11) is 1.32. The van der Waals surface area contributed by atoms with Crippen molar-refractivity contribution in [3.63, 3.8) is 0 Å². The summed E-state index contributed by atoms with van der Waals surface area (Å²) < 4.78 is 22.9. The number of nitrogens with zero attached hydrogens (tertiary/aromatic N) is 1. The Morgan fingerprint density at radius 3 is 2.03 bits per heavy atom. The van der Waals surface area contributed by atoms with Crippen LogP contribution in [0.1, 0.15) is 72.6 Å². The van der Waals surface area contributed by atoms with E-state index in [1.807, 2.05) is 0 Å². The Morgan fingerprint density at radius 1 is 0.806 bits per heavy atom. The lowest BCUT2D eigenvalue weighted by Gasteiger charge is -2.33. The minimum Gasteiger partial charge on any atom is -0.487 e. The second kappa shape index (κ2) is 24.5. The number of hydrogen-bond acceptors (Lipinski definition) is 15. The van der Waals surface area contributed by atoms with Gasteiger partial charge in [0, 0.05) is 19.5 Å². The van der Waals surface area contributed by atoms with Crippen LogP contribution in [0, 0.1) is 17.8 Å². The summed E-state index contributed by atoms with van der Waals surface area (Å²) in [6, 6.07) is 4.64. The number of aliphatic hydroxyl groups is 2. The Hall–Kier alpha value is -6.91. The number of epoxide rings is 1. The summed E-state index contributed by atoms with van der Waals surface area (Å²) >= 11 is 0. The van der Waals surface area contributed by atoms with Crippen molar-refractivity contribution in [2.75, 3.05) is 26.8 Å². The van der Waals surface area contributed by atoms with Crippen molar-refractivity contribution in [2.24, 2.45) is 17.8 Å². The molecule has 0 aliphatic carbocycles. The molecule has 6 rings (SSSR count). The molecule has 0 radical (unpaired) electrons. The maximum atomic E-state index is 15.1. The number of carbonyl (C=O) groups excluding carboxylic acids is 9. The molecule has 0 saturated carbocycles. The molecule has 72 heavy (non-hydrogen) atoms. The van der Waals surface area contributed by atoms with Crippen molar-refractivity contribution in [1.29, 1.82) is 0 Å². The van der Waals surface area contributed by atoms with Gasteiger partial charge in [0.2, 0.25) is 41.4 Å². The largest absolute Gasteiger partial charge is 0.487 e. The Kier molecular flexibility index (Phi) is 19.0. The third-order valence-corrected chi connectivity index (χ3v) is 12.8. The van der Waals surface area contributed by atoms with E-state index in [2.05, 4.69) is 31.9 Å². The van der Waals surface area contributed by atoms with Crippen molar-refractivity contribution in [2.45, 2.75) is 128 Å². The molecule has 4 heterocycles. The van der Waals surface area contributed by atoms with Crippen molar-refractivity contribution in [1.82, 2.24) is 36.8 Å². The summed E-state index contributed by atoms with van der Waals surface area (Å²) in [4.78, 5) is 128. The van der Waals surface area contributed by atoms with E-state index in [0.717, 1.165) is 11.0 Å². The molecule has 2 aromatic carbocycles. The van der Waals surface area contributed by atoms with Crippen LogP contribution in [0.2, 0.25) is 0 Å². The third kappa shape index (κ3) is 14.4. The lowest BCUT2D eigenvalue weighted by Crippen LogP contribution is -2.61. The van der Waals surface area contributed by atoms with Crippen LogP contribution in [0.5, 0.6) is 5.75 Å². The molecule has 2 aromatic rings. The van der Waals surface area contributed by atoms with E-state index >= 15 is 4.79 Å². The summed E-state index contributed by atoms with van der Waals surface area (Å²) in [6.45, 7) is 10.6. The second-order valence-electron chi connectivity index (χ2n) is 19.1. The predicted molar refractivity (Wildman–Crippen MR) is 256 cm³/mol. The van der Waals surface area contributed by atoms with Crippen LogP contribution in [-0.2, 0) is 63.8 Å². The molecular formula is C50H67N7O15. The maximum absolute atomic E-state index is 15.1. The molecule has 8 N–H and O–H groups in total.